The lowest BCUT2D eigenvalue weighted by molar-refractivity contribution is 0.153. The van der Waals surface area contributed by atoms with Gasteiger partial charge in [-0.05, 0) is 25.9 Å². The number of carbonyl (C=O) groups is 1. The van der Waals surface area contributed by atoms with Crippen LogP contribution < -0.4 is 10.6 Å². The number of likely N-dealkylation sites (tertiary alicyclic amines) is 1. The minimum atomic E-state index is -0.101. The normalized spacial score (nSPS) is 19.8. The van der Waals surface area contributed by atoms with Gasteiger partial charge < -0.3 is 10.6 Å². The van der Waals surface area contributed by atoms with Gasteiger partial charge in [-0.1, -0.05) is 13.3 Å². The molecule has 6 heteroatoms. The number of hydrogen-bond donors (Lipinski definition) is 2. The van der Waals surface area contributed by atoms with Crippen LogP contribution in [0, 0.1) is 0 Å². The molecular formula is C14H25N5O. The van der Waals surface area contributed by atoms with Gasteiger partial charge in [-0.3, -0.25) is 9.58 Å². The third kappa shape index (κ3) is 4.23. The lowest BCUT2D eigenvalue weighted by Crippen LogP contribution is -2.48. The first kappa shape index (κ1) is 14.8. The van der Waals surface area contributed by atoms with E-state index in [0.717, 1.165) is 25.2 Å². The molecule has 1 fully saturated rings. The Kier molecular flexibility index (Phi) is 5.40. The molecule has 0 bridgehead atoms. The summed E-state index contributed by atoms with van der Waals surface area (Å²) in [6, 6.07) is 0.383. The van der Waals surface area contributed by atoms with E-state index in [2.05, 4.69) is 27.6 Å². The number of amides is 2. The zero-order valence-corrected chi connectivity index (χ0v) is 12.4. The topological polar surface area (TPSA) is 62.2 Å². The van der Waals surface area contributed by atoms with Crippen LogP contribution in [0.25, 0.3) is 0 Å². The van der Waals surface area contributed by atoms with Crippen LogP contribution in [0.15, 0.2) is 12.4 Å². The quantitative estimate of drug-likeness (QED) is 0.848. The number of rotatable bonds is 5. The Morgan fingerprint density at radius 3 is 3.00 bits per heavy atom. The predicted molar refractivity (Wildman–Crippen MR) is 78.3 cm³/mol. The molecule has 1 saturated heterocycles. The molecule has 6 nitrogen and oxygen atoms in total. The summed E-state index contributed by atoms with van der Waals surface area (Å²) in [5.41, 5.74) is 1.01. The Morgan fingerprint density at radius 1 is 1.45 bits per heavy atom. The van der Waals surface area contributed by atoms with Gasteiger partial charge in [0.15, 0.2) is 0 Å². The third-order valence-electron chi connectivity index (χ3n) is 3.86. The van der Waals surface area contributed by atoms with E-state index in [1.807, 2.05) is 13.2 Å². The number of piperidine rings is 1. The van der Waals surface area contributed by atoms with Crippen LogP contribution in [0.1, 0.15) is 31.7 Å². The van der Waals surface area contributed by atoms with Crippen LogP contribution in [0.5, 0.6) is 0 Å². The molecule has 1 aliphatic heterocycles. The van der Waals surface area contributed by atoms with Crippen molar-refractivity contribution in [3.05, 3.63) is 18.0 Å². The molecule has 1 aromatic heterocycles. The van der Waals surface area contributed by atoms with Gasteiger partial charge in [-0.2, -0.15) is 5.10 Å². The highest BCUT2D eigenvalue weighted by atomic mass is 16.2. The fraction of sp³-hybridized carbons (Fsp3) is 0.714. The molecule has 0 unspecified atom stereocenters. The number of likely N-dealkylation sites (N-methyl/N-ethyl adjacent to an activating group) is 1. The molecule has 2 rings (SSSR count). The number of urea groups is 1. The maximum absolute atomic E-state index is 11.8. The first-order chi connectivity index (χ1) is 9.69. The molecule has 0 aliphatic carbocycles. The molecule has 0 saturated carbocycles. The fourth-order valence-electron chi connectivity index (χ4n) is 2.73. The molecule has 0 aromatic carbocycles. The standard InChI is InChI=1S/C14H25N5O/c1-3-19-7-5-4-6-13(19)10-16-14(20)15-8-12-9-17-18(2)11-12/h9,11,13H,3-8,10H2,1-2H3,(H2,15,16,20)/t13-/m0/s1. The van der Waals surface area contributed by atoms with Gasteiger partial charge in [0.1, 0.15) is 0 Å². The summed E-state index contributed by atoms with van der Waals surface area (Å²) in [4.78, 5) is 14.2. The van der Waals surface area contributed by atoms with E-state index in [-0.39, 0.29) is 6.03 Å². The van der Waals surface area contributed by atoms with Gasteiger partial charge in [-0.15, -0.1) is 0 Å². The van der Waals surface area contributed by atoms with Crippen LogP contribution in [-0.2, 0) is 13.6 Å². The van der Waals surface area contributed by atoms with E-state index >= 15 is 0 Å². The SMILES string of the molecule is CCN1CCCC[C@H]1CNC(=O)NCc1cnn(C)c1. The molecule has 0 radical (unpaired) electrons. The van der Waals surface area contributed by atoms with E-state index in [0.29, 0.717) is 12.6 Å². The molecule has 2 amide bonds. The second-order valence-corrected chi connectivity index (χ2v) is 5.36. The second-order valence-electron chi connectivity index (χ2n) is 5.36. The zero-order valence-electron chi connectivity index (χ0n) is 12.4. The molecule has 2 N–H and O–H groups in total. The Morgan fingerprint density at radius 2 is 2.30 bits per heavy atom. The molecular weight excluding hydrogens is 254 g/mol. The Balaban J connectivity index is 1.69. The number of nitrogens with one attached hydrogen (secondary N) is 2. The fourth-order valence-corrected chi connectivity index (χ4v) is 2.73. The van der Waals surface area contributed by atoms with Crippen LogP contribution in [0.4, 0.5) is 4.79 Å². The first-order valence-electron chi connectivity index (χ1n) is 7.42. The van der Waals surface area contributed by atoms with Crippen LogP contribution in [0.3, 0.4) is 0 Å². The van der Waals surface area contributed by atoms with Crippen molar-refractivity contribution < 1.29 is 4.79 Å². The Hall–Kier alpha value is -1.56. The van der Waals surface area contributed by atoms with Crippen molar-refractivity contribution >= 4 is 6.03 Å². The summed E-state index contributed by atoms with van der Waals surface area (Å²) in [5, 5.41) is 9.91. The number of aromatic nitrogens is 2. The summed E-state index contributed by atoms with van der Waals surface area (Å²) in [7, 11) is 1.87. The molecule has 1 aliphatic rings. The first-order valence-corrected chi connectivity index (χ1v) is 7.42. The van der Waals surface area contributed by atoms with Crippen molar-refractivity contribution in [1.29, 1.82) is 0 Å². The summed E-state index contributed by atoms with van der Waals surface area (Å²) in [6.45, 7) is 5.64. The smallest absolute Gasteiger partial charge is 0.315 e. The molecule has 1 atom stereocenters. The summed E-state index contributed by atoms with van der Waals surface area (Å²) in [5.74, 6) is 0. The maximum Gasteiger partial charge on any atom is 0.315 e. The van der Waals surface area contributed by atoms with Gasteiger partial charge in [0, 0.05) is 37.9 Å². The molecule has 112 valence electrons. The van der Waals surface area contributed by atoms with Crippen molar-refractivity contribution in [2.24, 2.45) is 7.05 Å². The predicted octanol–water partition coefficient (Wildman–Crippen LogP) is 1.09. The summed E-state index contributed by atoms with van der Waals surface area (Å²) >= 11 is 0. The highest BCUT2D eigenvalue weighted by Gasteiger charge is 2.21. The largest absolute Gasteiger partial charge is 0.337 e. The number of carbonyl (C=O) groups excluding carboxylic acids is 1. The van der Waals surface area contributed by atoms with Gasteiger partial charge in [-0.25, -0.2) is 4.79 Å². The molecule has 20 heavy (non-hydrogen) atoms. The molecule has 0 spiro atoms. The molecule has 1 aromatic rings. The Labute approximate surface area is 120 Å². The average Bonchev–Trinajstić information content (AvgIpc) is 2.89. The van der Waals surface area contributed by atoms with Gasteiger partial charge in [0.2, 0.25) is 0 Å². The minimum Gasteiger partial charge on any atom is -0.337 e. The van der Waals surface area contributed by atoms with Crippen molar-refractivity contribution in [2.45, 2.75) is 38.8 Å². The van der Waals surface area contributed by atoms with E-state index in [1.165, 1.54) is 19.3 Å². The van der Waals surface area contributed by atoms with Crippen molar-refractivity contribution in [3.8, 4) is 0 Å². The number of hydrogen-bond acceptors (Lipinski definition) is 3. The van der Waals surface area contributed by atoms with Gasteiger partial charge in [0.05, 0.1) is 6.20 Å². The zero-order chi connectivity index (χ0) is 14.4. The number of nitrogens with zero attached hydrogens (tertiary/aromatic N) is 3. The minimum absolute atomic E-state index is 0.101. The summed E-state index contributed by atoms with van der Waals surface area (Å²) in [6.07, 6.45) is 7.38. The van der Waals surface area contributed by atoms with Crippen LogP contribution in [0.2, 0.25) is 0 Å². The maximum atomic E-state index is 11.8. The van der Waals surface area contributed by atoms with Crippen molar-refractivity contribution in [2.75, 3.05) is 19.6 Å². The van der Waals surface area contributed by atoms with Crippen molar-refractivity contribution in [1.82, 2.24) is 25.3 Å². The lowest BCUT2D eigenvalue weighted by atomic mass is 10.0. The van der Waals surface area contributed by atoms with Crippen LogP contribution >= 0.6 is 0 Å². The molecule has 2 heterocycles. The Bertz CT molecular complexity index is 431. The monoisotopic (exact) mass is 279 g/mol. The highest BCUT2D eigenvalue weighted by molar-refractivity contribution is 5.73. The highest BCUT2D eigenvalue weighted by Crippen LogP contribution is 2.15. The van der Waals surface area contributed by atoms with Gasteiger partial charge >= 0.3 is 6.03 Å². The summed E-state index contributed by atoms with van der Waals surface area (Å²) < 4.78 is 1.73. The average molecular weight is 279 g/mol. The van der Waals surface area contributed by atoms with Crippen LogP contribution in [-0.4, -0.2) is 46.4 Å². The second kappa shape index (κ2) is 7.28. The van der Waals surface area contributed by atoms with E-state index in [9.17, 15) is 4.79 Å². The van der Waals surface area contributed by atoms with Crippen molar-refractivity contribution in [3.63, 3.8) is 0 Å². The van der Waals surface area contributed by atoms with E-state index in [1.54, 1.807) is 10.9 Å². The van der Waals surface area contributed by atoms with Gasteiger partial charge in [0.25, 0.3) is 0 Å². The van der Waals surface area contributed by atoms with E-state index in [4.69, 9.17) is 0 Å². The third-order valence-corrected chi connectivity index (χ3v) is 3.86. The number of aryl methyl sites for hydroxylation is 1. The van der Waals surface area contributed by atoms with E-state index < -0.39 is 0 Å². The lowest BCUT2D eigenvalue weighted by Gasteiger charge is -2.34.